The fourth-order valence-electron chi connectivity index (χ4n) is 2.90. The molecule has 0 saturated carbocycles. The van der Waals surface area contributed by atoms with Crippen LogP contribution in [-0.4, -0.2) is 18.2 Å². The molecule has 1 saturated heterocycles. The molecule has 0 bridgehead atoms. The van der Waals surface area contributed by atoms with Gasteiger partial charge in [0.1, 0.15) is 0 Å². The molecule has 1 aliphatic heterocycles. The van der Waals surface area contributed by atoms with Crippen LogP contribution in [-0.2, 0) is 0 Å². The molecule has 1 N–H and O–H groups in total. The van der Waals surface area contributed by atoms with Crippen LogP contribution >= 0.6 is 0 Å². The molecule has 2 rings (SSSR count). The molecule has 0 spiro atoms. The van der Waals surface area contributed by atoms with Crippen molar-refractivity contribution in [2.24, 2.45) is 5.41 Å². The van der Waals surface area contributed by atoms with Gasteiger partial charge in [0, 0.05) is 24.3 Å². The smallest absolute Gasteiger partial charge is 0.0992 e. The zero-order valence-corrected chi connectivity index (χ0v) is 12.7. The van der Waals surface area contributed by atoms with E-state index in [2.05, 4.69) is 24.8 Å². The Labute approximate surface area is 121 Å². The van der Waals surface area contributed by atoms with Crippen molar-refractivity contribution in [1.82, 2.24) is 0 Å². The lowest BCUT2D eigenvalue weighted by atomic mass is 9.85. The summed E-state index contributed by atoms with van der Waals surface area (Å²) in [7, 11) is 0. The Hall–Kier alpha value is -1.53. The van der Waals surface area contributed by atoms with E-state index in [1.807, 2.05) is 12.1 Å². The maximum absolute atomic E-state index is 9.96. The van der Waals surface area contributed by atoms with E-state index in [0.717, 1.165) is 37.2 Å². The lowest BCUT2D eigenvalue weighted by Gasteiger charge is -2.27. The highest BCUT2D eigenvalue weighted by molar-refractivity contribution is 5.58. The molecular formula is C17H24N2O. The van der Waals surface area contributed by atoms with Crippen LogP contribution in [0.2, 0.25) is 0 Å². The normalized spacial score (nSPS) is 20.1. The molecular weight excluding hydrogens is 248 g/mol. The molecule has 108 valence electrons. The summed E-state index contributed by atoms with van der Waals surface area (Å²) < 4.78 is 0. The maximum Gasteiger partial charge on any atom is 0.0992 e. The predicted octanol–water partition coefficient (Wildman–Crippen LogP) is 3.63. The van der Waals surface area contributed by atoms with Gasteiger partial charge in [-0.15, -0.1) is 0 Å². The minimum Gasteiger partial charge on any atom is -0.389 e. The third kappa shape index (κ3) is 3.32. The first-order valence-corrected chi connectivity index (χ1v) is 7.40. The van der Waals surface area contributed by atoms with Crippen molar-refractivity contribution in [3.8, 4) is 6.07 Å². The molecule has 1 aliphatic rings. The van der Waals surface area contributed by atoms with Crippen molar-refractivity contribution in [2.75, 3.05) is 18.0 Å². The summed E-state index contributed by atoms with van der Waals surface area (Å²) in [5.74, 6) is 0. The van der Waals surface area contributed by atoms with E-state index in [1.165, 1.54) is 6.42 Å². The molecule has 0 aromatic heterocycles. The minimum absolute atomic E-state index is 0.382. The molecule has 1 fully saturated rings. The highest BCUT2D eigenvalue weighted by Crippen LogP contribution is 2.34. The number of anilines is 1. The Kier molecular flexibility index (Phi) is 4.35. The molecule has 1 aromatic rings. The summed E-state index contributed by atoms with van der Waals surface area (Å²) in [4.78, 5) is 2.33. The highest BCUT2D eigenvalue weighted by atomic mass is 16.3. The van der Waals surface area contributed by atoms with Gasteiger partial charge in [-0.3, -0.25) is 0 Å². The van der Waals surface area contributed by atoms with E-state index >= 15 is 0 Å². The van der Waals surface area contributed by atoms with Crippen LogP contribution in [0, 0.1) is 16.7 Å². The van der Waals surface area contributed by atoms with Crippen molar-refractivity contribution in [1.29, 1.82) is 5.26 Å². The van der Waals surface area contributed by atoms with Gasteiger partial charge >= 0.3 is 0 Å². The van der Waals surface area contributed by atoms with Crippen LogP contribution < -0.4 is 4.90 Å². The van der Waals surface area contributed by atoms with Gasteiger partial charge in [0.05, 0.1) is 17.7 Å². The molecule has 20 heavy (non-hydrogen) atoms. The lowest BCUT2D eigenvalue weighted by Crippen LogP contribution is -2.26. The first kappa shape index (κ1) is 14.9. The van der Waals surface area contributed by atoms with Crippen LogP contribution in [0.25, 0.3) is 0 Å². The van der Waals surface area contributed by atoms with E-state index in [1.54, 1.807) is 13.0 Å². The van der Waals surface area contributed by atoms with Crippen LogP contribution in [0.4, 0.5) is 5.69 Å². The fourth-order valence-corrected chi connectivity index (χ4v) is 2.90. The van der Waals surface area contributed by atoms with Crippen LogP contribution in [0.5, 0.6) is 0 Å². The average molecular weight is 272 g/mol. The first-order chi connectivity index (χ1) is 9.43. The summed E-state index contributed by atoms with van der Waals surface area (Å²) >= 11 is 0. The standard InChI is InChI=1S/C17H24N2O/c1-13(20)15-6-5-14(12-18)11-16(15)19-9-4-7-17(2,3)8-10-19/h5-6,11,13,20H,4,7-10H2,1-3H3/t13-/m1/s1. The van der Waals surface area contributed by atoms with Gasteiger partial charge < -0.3 is 10.0 Å². The Morgan fingerprint density at radius 3 is 2.70 bits per heavy atom. The maximum atomic E-state index is 9.96. The minimum atomic E-state index is -0.506. The summed E-state index contributed by atoms with van der Waals surface area (Å²) in [5, 5.41) is 19.1. The molecule has 0 aliphatic carbocycles. The molecule has 3 nitrogen and oxygen atoms in total. The SMILES string of the molecule is C[C@@H](O)c1ccc(C#N)cc1N1CCCC(C)(C)CC1. The lowest BCUT2D eigenvalue weighted by molar-refractivity contribution is 0.199. The molecule has 1 aromatic carbocycles. The van der Waals surface area contributed by atoms with E-state index in [-0.39, 0.29) is 0 Å². The summed E-state index contributed by atoms with van der Waals surface area (Å²) in [6.07, 6.45) is 3.02. The average Bonchev–Trinajstić information content (AvgIpc) is 2.58. The summed E-state index contributed by atoms with van der Waals surface area (Å²) in [6.45, 7) is 8.40. The van der Waals surface area contributed by atoms with Crippen molar-refractivity contribution >= 4 is 5.69 Å². The van der Waals surface area contributed by atoms with Crippen molar-refractivity contribution in [3.05, 3.63) is 29.3 Å². The van der Waals surface area contributed by atoms with E-state index in [0.29, 0.717) is 11.0 Å². The quantitative estimate of drug-likeness (QED) is 0.894. The second-order valence-corrected chi connectivity index (χ2v) is 6.57. The number of hydrogen-bond donors (Lipinski definition) is 1. The monoisotopic (exact) mass is 272 g/mol. The molecule has 0 unspecified atom stereocenters. The van der Waals surface area contributed by atoms with Gasteiger partial charge in [-0.2, -0.15) is 5.26 Å². The Balaban J connectivity index is 2.33. The van der Waals surface area contributed by atoms with Gasteiger partial charge in [0.15, 0.2) is 0 Å². The van der Waals surface area contributed by atoms with Crippen LogP contribution in [0.1, 0.15) is 57.3 Å². The van der Waals surface area contributed by atoms with E-state index < -0.39 is 6.10 Å². The number of benzene rings is 1. The van der Waals surface area contributed by atoms with Crippen molar-refractivity contribution in [2.45, 2.75) is 46.1 Å². The highest BCUT2D eigenvalue weighted by Gasteiger charge is 2.24. The first-order valence-electron chi connectivity index (χ1n) is 7.40. The molecule has 1 heterocycles. The largest absolute Gasteiger partial charge is 0.389 e. The number of aliphatic hydroxyl groups excluding tert-OH is 1. The zero-order chi connectivity index (χ0) is 14.8. The Morgan fingerprint density at radius 1 is 1.30 bits per heavy atom. The number of hydrogen-bond acceptors (Lipinski definition) is 3. The number of rotatable bonds is 2. The van der Waals surface area contributed by atoms with Crippen LogP contribution in [0.15, 0.2) is 18.2 Å². The van der Waals surface area contributed by atoms with Crippen molar-refractivity contribution in [3.63, 3.8) is 0 Å². The second kappa shape index (κ2) is 5.85. The predicted molar refractivity (Wildman–Crippen MR) is 81.6 cm³/mol. The molecule has 3 heteroatoms. The molecule has 0 amide bonds. The van der Waals surface area contributed by atoms with E-state index in [9.17, 15) is 5.11 Å². The fraction of sp³-hybridized carbons (Fsp3) is 0.588. The van der Waals surface area contributed by atoms with E-state index in [4.69, 9.17) is 5.26 Å². The van der Waals surface area contributed by atoms with Gasteiger partial charge in [-0.1, -0.05) is 19.9 Å². The second-order valence-electron chi connectivity index (χ2n) is 6.57. The third-order valence-corrected chi connectivity index (χ3v) is 4.29. The summed E-state index contributed by atoms with van der Waals surface area (Å²) in [5.41, 5.74) is 2.99. The number of aliphatic hydroxyl groups is 1. The van der Waals surface area contributed by atoms with Gasteiger partial charge in [0.2, 0.25) is 0 Å². The third-order valence-electron chi connectivity index (χ3n) is 4.29. The summed E-state index contributed by atoms with van der Waals surface area (Å²) in [6, 6.07) is 7.78. The molecule has 1 atom stereocenters. The topological polar surface area (TPSA) is 47.3 Å². The van der Waals surface area contributed by atoms with Gasteiger partial charge in [-0.05, 0) is 43.7 Å². The van der Waals surface area contributed by atoms with Gasteiger partial charge in [0.25, 0.3) is 0 Å². The zero-order valence-electron chi connectivity index (χ0n) is 12.7. The number of nitriles is 1. The Bertz CT molecular complexity index is 514. The molecule has 0 radical (unpaired) electrons. The Morgan fingerprint density at radius 2 is 2.05 bits per heavy atom. The van der Waals surface area contributed by atoms with Gasteiger partial charge in [-0.25, -0.2) is 0 Å². The van der Waals surface area contributed by atoms with Crippen molar-refractivity contribution < 1.29 is 5.11 Å². The van der Waals surface area contributed by atoms with Crippen LogP contribution in [0.3, 0.4) is 0 Å². The number of nitrogens with zero attached hydrogens (tertiary/aromatic N) is 2.